The molecule has 0 saturated carbocycles. The highest BCUT2D eigenvalue weighted by Gasteiger charge is 2.12. The molecule has 1 N–H and O–H groups in total. The Hall–Kier alpha value is -3.35. The first-order valence-corrected chi connectivity index (χ1v) is 7.86. The summed E-state index contributed by atoms with van der Waals surface area (Å²) in [5, 5.41) is 2.49. The zero-order valence-corrected chi connectivity index (χ0v) is 13.7. The number of amides is 1. The molecule has 1 aliphatic heterocycles. The second-order valence-electron chi connectivity index (χ2n) is 5.42. The van der Waals surface area contributed by atoms with Gasteiger partial charge in [-0.1, -0.05) is 24.3 Å². The molecule has 0 fully saturated rings. The Bertz CT molecular complexity index is 850. The number of carbonyl (C=O) groups excluding carboxylic acids is 2. The van der Waals surface area contributed by atoms with Gasteiger partial charge in [-0.25, -0.2) is 9.18 Å². The van der Waals surface area contributed by atoms with Crippen molar-refractivity contribution >= 4 is 18.0 Å². The summed E-state index contributed by atoms with van der Waals surface area (Å²) < 4.78 is 28.7. The van der Waals surface area contributed by atoms with Gasteiger partial charge in [0.1, 0.15) is 5.82 Å². The average molecular weight is 357 g/mol. The number of halogens is 1. The van der Waals surface area contributed by atoms with E-state index in [1.54, 1.807) is 42.5 Å². The molecule has 134 valence electrons. The minimum Gasteiger partial charge on any atom is -0.454 e. The average Bonchev–Trinajstić information content (AvgIpc) is 3.12. The predicted octanol–water partition coefficient (Wildman–Crippen LogP) is 2.43. The highest BCUT2D eigenvalue weighted by molar-refractivity contribution is 5.89. The van der Waals surface area contributed by atoms with Crippen LogP contribution in [-0.4, -0.2) is 25.3 Å². The summed E-state index contributed by atoms with van der Waals surface area (Å²) in [5.41, 5.74) is 1.09. The van der Waals surface area contributed by atoms with Gasteiger partial charge in [-0.15, -0.1) is 0 Å². The number of ether oxygens (including phenoxy) is 3. The topological polar surface area (TPSA) is 73.9 Å². The molecule has 0 spiro atoms. The van der Waals surface area contributed by atoms with Gasteiger partial charge in [-0.05, 0) is 29.8 Å². The van der Waals surface area contributed by atoms with Crippen LogP contribution in [0.2, 0.25) is 0 Å². The van der Waals surface area contributed by atoms with Crippen LogP contribution in [0.1, 0.15) is 11.1 Å². The molecule has 3 rings (SSSR count). The second kappa shape index (κ2) is 8.15. The standard InChI is InChI=1S/C19H16FNO5/c20-15-4-2-1-3-14(15)10-21-18(22)11-24-19(23)8-6-13-5-7-16-17(9-13)26-12-25-16/h1-9H,10-12H2,(H,21,22)/b8-6+. The Kier molecular flexibility index (Phi) is 5.48. The van der Waals surface area contributed by atoms with Crippen LogP contribution in [0.5, 0.6) is 11.5 Å². The van der Waals surface area contributed by atoms with Crippen molar-refractivity contribution in [1.29, 1.82) is 0 Å². The third kappa shape index (κ3) is 4.60. The number of esters is 1. The van der Waals surface area contributed by atoms with Gasteiger partial charge in [0.05, 0.1) is 0 Å². The van der Waals surface area contributed by atoms with Crippen molar-refractivity contribution in [2.24, 2.45) is 0 Å². The van der Waals surface area contributed by atoms with Gasteiger partial charge in [-0.3, -0.25) is 4.79 Å². The van der Waals surface area contributed by atoms with Crippen LogP contribution in [0.25, 0.3) is 6.08 Å². The van der Waals surface area contributed by atoms with Crippen LogP contribution in [0.4, 0.5) is 4.39 Å². The first kappa shape index (κ1) is 17.5. The van der Waals surface area contributed by atoms with Gasteiger partial charge in [-0.2, -0.15) is 0 Å². The van der Waals surface area contributed by atoms with Gasteiger partial charge >= 0.3 is 5.97 Å². The largest absolute Gasteiger partial charge is 0.454 e. The molecule has 26 heavy (non-hydrogen) atoms. The minimum absolute atomic E-state index is 0.0239. The Balaban J connectivity index is 1.43. The van der Waals surface area contributed by atoms with E-state index in [4.69, 9.17) is 14.2 Å². The summed E-state index contributed by atoms with van der Waals surface area (Å²) in [5.74, 6) is -0.331. The van der Waals surface area contributed by atoms with E-state index in [1.165, 1.54) is 12.1 Å². The lowest BCUT2D eigenvalue weighted by Crippen LogP contribution is -2.28. The molecule has 0 aromatic heterocycles. The number of fused-ring (bicyclic) bond motifs is 1. The number of carbonyl (C=O) groups is 2. The number of nitrogens with one attached hydrogen (secondary N) is 1. The molecule has 1 heterocycles. The van der Waals surface area contributed by atoms with Crippen molar-refractivity contribution in [2.75, 3.05) is 13.4 Å². The smallest absolute Gasteiger partial charge is 0.331 e. The molecular weight excluding hydrogens is 341 g/mol. The van der Waals surface area contributed by atoms with Crippen molar-refractivity contribution in [3.63, 3.8) is 0 Å². The molecule has 0 radical (unpaired) electrons. The van der Waals surface area contributed by atoms with Crippen molar-refractivity contribution < 1.29 is 28.2 Å². The number of hydrogen-bond donors (Lipinski definition) is 1. The van der Waals surface area contributed by atoms with Crippen molar-refractivity contribution in [1.82, 2.24) is 5.32 Å². The van der Waals surface area contributed by atoms with E-state index in [-0.39, 0.29) is 13.3 Å². The van der Waals surface area contributed by atoms with Gasteiger partial charge in [0.2, 0.25) is 6.79 Å². The van der Waals surface area contributed by atoms with Gasteiger partial charge < -0.3 is 19.5 Å². The summed E-state index contributed by atoms with van der Waals surface area (Å²) in [4.78, 5) is 23.3. The number of rotatable bonds is 6. The van der Waals surface area contributed by atoms with E-state index in [9.17, 15) is 14.0 Å². The summed E-state index contributed by atoms with van der Waals surface area (Å²) >= 11 is 0. The zero-order chi connectivity index (χ0) is 18.4. The maximum absolute atomic E-state index is 13.4. The number of benzene rings is 2. The molecule has 0 aliphatic carbocycles. The summed E-state index contributed by atoms with van der Waals surface area (Å²) in [6, 6.07) is 11.3. The first-order chi connectivity index (χ1) is 12.6. The predicted molar refractivity (Wildman–Crippen MR) is 90.8 cm³/mol. The highest BCUT2D eigenvalue weighted by Crippen LogP contribution is 2.32. The third-order valence-electron chi connectivity index (χ3n) is 3.59. The fraction of sp³-hybridized carbons (Fsp3) is 0.158. The summed E-state index contributed by atoms with van der Waals surface area (Å²) in [6.07, 6.45) is 2.75. The normalized spacial score (nSPS) is 12.2. The van der Waals surface area contributed by atoms with Crippen LogP contribution < -0.4 is 14.8 Å². The van der Waals surface area contributed by atoms with Crippen molar-refractivity contribution in [3.8, 4) is 11.5 Å². The van der Waals surface area contributed by atoms with E-state index in [0.29, 0.717) is 17.1 Å². The molecule has 7 heteroatoms. The fourth-order valence-electron chi connectivity index (χ4n) is 2.25. The highest BCUT2D eigenvalue weighted by atomic mass is 19.1. The van der Waals surface area contributed by atoms with E-state index >= 15 is 0 Å². The van der Waals surface area contributed by atoms with Crippen molar-refractivity contribution in [3.05, 3.63) is 65.5 Å². The molecule has 1 aliphatic rings. The monoisotopic (exact) mass is 357 g/mol. The minimum atomic E-state index is -0.663. The molecule has 6 nitrogen and oxygen atoms in total. The molecule has 0 atom stereocenters. The number of hydrogen-bond acceptors (Lipinski definition) is 5. The molecule has 2 aromatic rings. The van der Waals surface area contributed by atoms with Gasteiger partial charge in [0.15, 0.2) is 18.1 Å². The first-order valence-electron chi connectivity index (χ1n) is 7.86. The van der Waals surface area contributed by atoms with E-state index in [0.717, 1.165) is 5.56 Å². The van der Waals surface area contributed by atoms with Crippen LogP contribution in [0, 0.1) is 5.82 Å². The zero-order valence-electron chi connectivity index (χ0n) is 13.7. The fourth-order valence-corrected chi connectivity index (χ4v) is 2.25. The molecule has 1 amide bonds. The van der Waals surface area contributed by atoms with Crippen LogP contribution in [0.15, 0.2) is 48.5 Å². The van der Waals surface area contributed by atoms with E-state index < -0.39 is 24.3 Å². The maximum Gasteiger partial charge on any atom is 0.331 e. The lowest BCUT2D eigenvalue weighted by molar-refractivity contribution is -0.143. The second-order valence-corrected chi connectivity index (χ2v) is 5.42. The molecule has 0 bridgehead atoms. The quantitative estimate of drug-likeness (QED) is 0.635. The SMILES string of the molecule is O=C(COC(=O)/C=C/c1ccc2c(c1)OCO2)NCc1ccccc1F. The molecule has 0 unspecified atom stereocenters. The lowest BCUT2D eigenvalue weighted by atomic mass is 10.2. The Labute approximate surface area is 149 Å². The van der Waals surface area contributed by atoms with Gasteiger partial charge in [0.25, 0.3) is 5.91 Å². The summed E-state index contributed by atoms with van der Waals surface area (Å²) in [6.45, 7) is -0.249. The lowest BCUT2D eigenvalue weighted by Gasteiger charge is -2.06. The Morgan fingerprint density at radius 2 is 1.96 bits per heavy atom. The maximum atomic E-state index is 13.4. The van der Waals surface area contributed by atoms with Crippen LogP contribution in [-0.2, 0) is 20.9 Å². The Morgan fingerprint density at radius 3 is 2.81 bits per heavy atom. The Morgan fingerprint density at radius 1 is 1.15 bits per heavy atom. The molecular formula is C19H16FNO5. The van der Waals surface area contributed by atoms with Crippen molar-refractivity contribution in [2.45, 2.75) is 6.54 Å². The van der Waals surface area contributed by atoms with Crippen LogP contribution in [0.3, 0.4) is 0 Å². The van der Waals surface area contributed by atoms with Gasteiger partial charge in [0, 0.05) is 18.2 Å². The summed E-state index contributed by atoms with van der Waals surface area (Å²) in [7, 11) is 0. The van der Waals surface area contributed by atoms with E-state index in [2.05, 4.69) is 5.32 Å². The molecule has 0 saturated heterocycles. The molecule has 2 aromatic carbocycles. The third-order valence-corrected chi connectivity index (χ3v) is 3.59. The van der Waals surface area contributed by atoms with E-state index in [1.807, 2.05) is 0 Å². The van der Waals surface area contributed by atoms with Crippen LogP contribution >= 0.6 is 0 Å².